The summed E-state index contributed by atoms with van der Waals surface area (Å²) in [5, 5.41) is 0. The van der Waals surface area contributed by atoms with Crippen molar-refractivity contribution in [2.24, 2.45) is 0 Å². The Morgan fingerprint density at radius 2 is 1.81 bits per heavy atom. The lowest BCUT2D eigenvalue weighted by Crippen LogP contribution is -2.19. The van der Waals surface area contributed by atoms with Crippen LogP contribution in [0.3, 0.4) is 0 Å². The second kappa shape index (κ2) is 5.90. The quantitative estimate of drug-likeness (QED) is 0.935. The predicted molar refractivity (Wildman–Crippen MR) is 87.2 cm³/mol. The van der Waals surface area contributed by atoms with E-state index in [4.69, 9.17) is 15.5 Å². The van der Waals surface area contributed by atoms with E-state index in [1.807, 2.05) is 0 Å². The van der Waals surface area contributed by atoms with Gasteiger partial charge in [0.1, 0.15) is 17.3 Å². The zero-order chi connectivity index (χ0) is 15.6. The molecular formula is C17H25N3O. The summed E-state index contributed by atoms with van der Waals surface area (Å²) in [6.45, 7) is 10.0. The van der Waals surface area contributed by atoms with Gasteiger partial charge in [0.2, 0.25) is 0 Å². The third-order valence-electron chi connectivity index (χ3n) is 3.53. The Hall–Kier alpha value is -1.81. The number of aromatic nitrogens is 2. The van der Waals surface area contributed by atoms with E-state index < -0.39 is 0 Å². The van der Waals surface area contributed by atoms with Crippen molar-refractivity contribution < 1.29 is 4.74 Å². The lowest BCUT2D eigenvalue weighted by molar-refractivity contribution is 0.185. The standard InChI is InChI=1S/C17H25N3O/c1-6-20-15(18)14(19-16(20)17(2,3)4)13-9-7-12(8-10-13)11-21-5/h7-10H,6,11,18H2,1-5H3. The molecule has 21 heavy (non-hydrogen) atoms. The third-order valence-corrected chi connectivity index (χ3v) is 3.53. The molecule has 114 valence electrons. The van der Waals surface area contributed by atoms with Gasteiger partial charge in [-0.05, 0) is 12.5 Å². The molecule has 0 aliphatic heterocycles. The van der Waals surface area contributed by atoms with Crippen molar-refractivity contribution in [3.8, 4) is 11.3 Å². The van der Waals surface area contributed by atoms with Crippen molar-refractivity contribution in [2.45, 2.75) is 46.3 Å². The highest BCUT2D eigenvalue weighted by Gasteiger charge is 2.24. The maximum atomic E-state index is 6.32. The van der Waals surface area contributed by atoms with Gasteiger partial charge in [0.05, 0.1) is 6.61 Å². The summed E-state index contributed by atoms with van der Waals surface area (Å²) in [7, 11) is 1.70. The molecule has 0 saturated carbocycles. The fourth-order valence-corrected chi connectivity index (χ4v) is 2.50. The molecule has 4 heteroatoms. The molecule has 0 atom stereocenters. The number of hydrogen-bond acceptors (Lipinski definition) is 3. The predicted octanol–water partition coefficient (Wildman–Crippen LogP) is 3.60. The zero-order valence-corrected chi connectivity index (χ0v) is 13.6. The van der Waals surface area contributed by atoms with Gasteiger partial charge in [-0.1, -0.05) is 45.0 Å². The molecule has 1 heterocycles. The molecule has 0 spiro atoms. The number of rotatable bonds is 4. The summed E-state index contributed by atoms with van der Waals surface area (Å²) >= 11 is 0. The number of anilines is 1. The smallest absolute Gasteiger partial charge is 0.131 e. The largest absolute Gasteiger partial charge is 0.383 e. The van der Waals surface area contributed by atoms with Gasteiger partial charge >= 0.3 is 0 Å². The highest BCUT2D eigenvalue weighted by molar-refractivity contribution is 5.71. The number of imidazole rings is 1. The summed E-state index contributed by atoms with van der Waals surface area (Å²) in [5.74, 6) is 1.76. The maximum Gasteiger partial charge on any atom is 0.131 e. The van der Waals surface area contributed by atoms with E-state index in [-0.39, 0.29) is 5.41 Å². The molecule has 0 amide bonds. The normalized spacial score (nSPS) is 11.9. The molecular weight excluding hydrogens is 262 g/mol. The Bertz CT molecular complexity index is 606. The molecule has 0 unspecified atom stereocenters. The van der Waals surface area contributed by atoms with Gasteiger partial charge in [-0.3, -0.25) is 0 Å². The van der Waals surface area contributed by atoms with Crippen LogP contribution in [0.4, 0.5) is 5.82 Å². The lowest BCUT2D eigenvalue weighted by Gasteiger charge is -2.19. The monoisotopic (exact) mass is 287 g/mol. The first-order chi connectivity index (χ1) is 9.88. The minimum Gasteiger partial charge on any atom is -0.383 e. The van der Waals surface area contributed by atoms with Gasteiger partial charge in [-0.25, -0.2) is 4.98 Å². The van der Waals surface area contributed by atoms with Crippen LogP contribution in [-0.4, -0.2) is 16.7 Å². The molecule has 2 rings (SSSR count). The van der Waals surface area contributed by atoms with Crippen LogP contribution in [0.1, 0.15) is 39.1 Å². The Morgan fingerprint density at radius 3 is 2.24 bits per heavy atom. The molecule has 2 aromatic rings. The average Bonchev–Trinajstić information content (AvgIpc) is 2.77. The molecule has 0 aliphatic carbocycles. The Labute approximate surface area is 127 Å². The number of benzene rings is 1. The fraction of sp³-hybridized carbons (Fsp3) is 0.471. The summed E-state index contributed by atoms with van der Waals surface area (Å²) in [6.07, 6.45) is 0. The molecule has 0 fully saturated rings. The SMILES string of the molecule is CCn1c(C(C)(C)C)nc(-c2ccc(COC)cc2)c1N. The van der Waals surface area contributed by atoms with Gasteiger partial charge in [-0.2, -0.15) is 0 Å². The molecule has 2 N–H and O–H groups in total. The highest BCUT2D eigenvalue weighted by atomic mass is 16.5. The molecule has 0 bridgehead atoms. The van der Waals surface area contributed by atoms with Gasteiger partial charge in [0.15, 0.2) is 0 Å². The molecule has 1 aromatic heterocycles. The van der Waals surface area contributed by atoms with Crippen LogP contribution in [-0.2, 0) is 23.3 Å². The van der Waals surface area contributed by atoms with Crippen molar-refractivity contribution in [2.75, 3.05) is 12.8 Å². The van der Waals surface area contributed by atoms with E-state index >= 15 is 0 Å². The topological polar surface area (TPSA) is 53.1 Å². The summed E-state index contributed by atoms with van der Waals surface area (Å²) in [4.78, 5) is 4.80. The maximum absolute atomic E-state index is 6.32. The van der Waals surface area contributed by atoms with Crippen LogP contribution < -0.4 is 5.73 Å². The van der Waals surface area contributed by atoms with E-state index in [0.717, 1.165) is 35.0 Å². The highest BCUT2D eigenvalue weighted by Crippen LogP contribution is 2.32. The molecule has 4 nitrogen and oxygen atoms in total. The first-order valence-electron chi connectivity index (χ1n) is 7.33. The molecule has 0 aliphatic rings. The Balaban J connectivity index is 2.47. The van der Waals surface area contributed by atoms with E-state index in [9.17, 15) is 0 Å². The molecule has 1 aromatic carbocycles. The fourth-order valence-electron chi connectivity index (χ4n) is 2.50. The van der Waals surface area contributed by atoms with Gasteiger partial charge < -0.3 is 15.0 Å². The van der Waals surface area contributed by atoms with E-state index in [1.54, 1.807) is 7.11 Å². The van der Waals surface area contributed by atoms with Gasteiger partial charge in [-0.15, -0.1) is 0 Å². The molecule has 0 radical (unpaired) electrons. The number of nitrogens with two attached hydrogens (primary N) is 1. The Kier molecular flexibility index (Phi) is 4.37. The van der Waals surface area contributed by atoms with Crippen molar-refractivity contribution in [1.82, 2.24) is 9.55 Å². The number of nitrogens with zero attached hydrogens (tertiary/aromatic N) is 2. The van der Waals surface area contributed by atoms with Crippen molar-refractivity contribution in [3.63, 3.8) is 0 Å². The summed E-state index contributed by atoms with van der Waals surface area (Å²) in [6, 6.07) is 8.22. The van der Waals surface area contributed by atoms with Crippen molar-refractivity contribution >= 4 is 5.82 Å². The second-order valence-corrected chi connectivity index (χ2v) is 6.29. The zero-order valence-electron chi connectivity index (χ0n) is 13.6. The number of hydrogen-bond donors (Lipinski definition) is 1. The first kappa shape index (κ1) is 15.6. The molecule has 0 saturated heterocycles. The van der Waals surface area contributed by atoms with Crippen LogP contribution >= 0.6 is 0 Å². The first-order valence-corrected chi connectivity index (χ1v) is 7.33. The lowest BCUT2D eigenvalue weighted by atomic mass is 9.95. The van der Waals surface area contributed by atoms with Crippen LogP contribution in [0, 0.1) is 0 Å². The van der Waals surface area contributed by atoms with Gasteiger partial charge in [0.25, 0.3) is 0 Å². The van der Waals surface area contributed by atoms with Crippen molar-refractivity contribution in [3.05, 3.63) is 35.7 Å². The number of ether oxygens (including phenoxy) is 1. The van der Waals surface area contributed by atoms with Crippen LogP contribution in [0.25, 0.3) is 11.3 Å². The number of nitrogen functional groups attached to an aromatic ring is 1. The minimum absolute atomic E-state index is 0.0294. The third kappa shape index (κ3) is 3.10. The van der Waals surface area contributed by atoms with E-state index in [1.165, 1.54) is 0 Å². The van der Waals surface area contributed by atoms with E-state index in [2.05, 4.69) is 56.5 Å². The van der Waals surface area contributed by atoms with Crippen LogP contribution in [0.5, 0.6) is 0 Å². The van der Waals surface area contributed by atoms with E-state index in [0.29, 0.717) is 6.61 Å². The van der Waals surface area contributed by atoms with Crippen LogP contribution in [0.2, 0.25) is 0 Å². The summed E-state index contributed by atoms with van der Waals surface area (Å²) in [5.41, 5.74) is 9.34. The van der Waals surface area contributed by atoms with Gasteiger partial charge in [0, 0.05) is 24.6 Å². The van der Waals surface area contributed by atoms with Crippen LogP contribution in [0.15, 0.2) is 24.3 Å². The second-order valence-electron chi connectivity index (χ2n) is 6.29. The Morgan fingerprint density at radius 1 is 1.19 bits per heavy atom. The van der Waals surface area contributed by atoms with Crippen molar-refractivity contribution in [1.29, 1.82) is 0 Å². The average molecular weight is 287 g/mol. The summed E-state index contributed by atoms with van der Waals surface area (Å²) < 4.78 is 7.23. The number of methoxy groups -OCH3 is 1. The minimum atomic E-state index is -0.0294.